The van der Waals surface area contributed by atoms with Gasteiger partial charge in [-0.3, -0.25) is 9.69 Å². The summed E-state index contributed by atoms with van der Waals surface area (Å²) in [6.07, 6.45) is 1.01. The fourth-order valence-electron chi connectivity index (χ4n) is 2.17. The van der Waals surface area contributed by atoms with Gasteiger partial charge in [-0.05, 0) is 37.5 Å². The highest BCUT2D eigenvalue weighted by molar-refractivity contribution is 7.10. The fourth-order valence-corrected chi connectivity index (χ4v) is 3.06. The average Bonchev–Trinajstić information content (AvgIpc) is 2.83. The maximum absolute atomic E-state index is 12.2. The lowest BCUT2D eigenvalue weighted by Gasteiger charge is -2.28. The van der Waals surface area contributed by atoms with Crippen LogP contribution < -0.4 is 5.32 Å². The molecule has 0 bridgehead atoms. The number of rotatable bonds is 5. The van der Waals surface area contributed by atoms with E-state index in [1.807, 2.05) is 30.3 Å². The molecule has 1 aliphatic rings. The molecule has 1 aromatic rings. The minimum absolute atomic E-state index is 0.241. The summed E-state index contributed by atoms with van der Waals surface area (Å²) in [5.74, 6) is 0.241. The van der Waals surface area contributed by atoms with Gasteiger partial charge in [0.25, 0.3) is 0 Å². The minimum atomic E-state index is 0.241. The number of nitrogens with zero attached hydrogens (tertiary/aromatic N) is 2. The molecule has 1 aliphatic heterocycles. The third-order valence-corrected chi connectivity index (χ3v) is 4.33. The number of nitrogens with one attached hydrogen (secondary N) is 1. The maximum Gasteiger partial charge on any atom is 0.237 e. The largest absolute Gasteiger partial charge is 0.337 e. The molecular formula is C13H21N3OS. The number of fused-ring (bicyclic) bond motifs is 1. The van der Waals surface area contributed by atoms with Crippen LogP contribution in [0.3, 0.4) is 0 Å². The Bertz CT molecular complexity index is 405. The van der Waals surface area contributed by atoms with Gasteiger partial charge in [-0.15, -0.1) is 11.3 Å². The van der Waals surface area contributed by atoms with Crippen molar-refractivity contribution >= 4 is 17.2 Å². The predicted octanol–water partition coefficient (Wildman–Crippen LogP) is 0.784. The third kappa shape index (κ3) is 3.31. The van der Waals surface area contributed by atoms with Crippen LogP contribution in [0.5, 0.6) is 0 Å². The summed E-state index contributed by atoms with van der Waals surface area (Å²) in [6, 6.07) is 2.14. The molecule has 5 heteroatoms. The number of carbonyl (C=O) groups is 1. The standard InChI is InChI=1S/C13H21N3OS/c1-14-5-7-15(2)10-13(17)16-6-3-12-11(9-16)4-8-18-12/h4,8,14H,3,5-7,9-10H2,1-2H3. The van der Waals surface area contributed by atoms with Crippen LogP contribution in [0, 0.1) is 0 Å². The number of hydrogen-bond acceptors (Lipinski definition) is 4. The summed E-state index contributed by atoms with van der Waals surface area (Å²) in [5.41, 5.74) is 1.33. The van der Waals surface area contributed by atoms with Crippen molar-refractivity contribution in [2.45, 2.75) is 13.0 Å². The minimum Gasteiger partial charge on any atom is -0.337 e. The van der Waals surface area contributed by atoms with Crippen molar-refractivity contribution < 1.29 is 4.79 Å². The number of amides is 1. The van der Waals surface area contributed by atoms with Crippen molar-refractivity contribution in [2.24, 2.45) is 0 Å². The molecule has 2 heterocycles. The molecule has 1 aromatic heterocycles. The van der Waals surface area contributed by atoms with Gasteiger partial charge in [0, 0.05) is 31.1 Å². The van der Waals surface area contributed by atoms with Crippen molar-refractivity contribution in [3.63, 3.8) is 0 Å². The Morgan fingerprint density at radius 2 is 2.44 bits per heavy atom. The van der Waals surface area contributed by atoms with E-state index in [1.165, 1.54) is 10.4 Å². The molecule has 0 saturated heterocycles. The Balaban J connectivity index is 1.84. The Hall–Kier alpha value is -0.910. The molecule has 0 saturated carbocycles. The van der Waals surface area contributed by atoms with Crippen LogP contribution in [0.1, 0.15) is 10.4 Å². The van der Waals surface area contributed by atoms with Crippen molar-refractivity contribution in [2.75, 3.05) is 40.3 Å². The summed E-state index contributed by atoms with van der Waals surface area (Å²) in [6.45, 7) is 3.99. The van der Waals surface area contributed by atoms with Gasteiger partial charge in [0.05, 0.1) is 6.54 Å². The fraction of sp³-hybridized carbons (Fsp3) is 0.615. The van der Waals surface area contributed by atoms with Crippen LogP contribution in [0.4, 0.5) is 0 Å². The zero-order valence-corrected chi connectivity index (χ0v) is 11.9. The second kappa shape index (κ2) is 6.31. The van der Waals surface area contributed by atoms with E-state index in [0.717, 1.165) is 32.6 Å². The van der Waals surface area contributed by atoms with Crippen LogP contribution >= 0.6 is 11.3 Å². The molecule has 0 atom stereocenters. The van der Waals surface area contributed by atoms with Crippen molar-refractivity contribution in [3.05, 3.63) is 21.9 Å². The van der Waals surface area contributed by atoms with E-state index in [1.54, 1.807) is 0 Å². The highest BCUT2D eigenvalue weighted by Gasteiger charge is 2.21. The lowest BCUT2D eigenvalue weighted by atomic mass is 10.1. The molecule has 0 aromatic carbocycles. The first-order chi connectivity index (χ1) is 8.70. The number of carbonyl (C=O) groups excluding carboxylic acids is 1. The molecule has 1 N–H and O–H groups in total. The number of likely N-dealkylation sites (N-methyl/N-ethyl adjacent to an activating group) is 2. The van der Waals surface area contributed by atoms with E-state index in [-0.39, 0.29) is 5.91 Å². The number of hydrogen-bond donors (Lipinski definition) is 1. The van der Waals surface area contributed by atoms with E-state index >= 15 is 0 Å². The number of thiophene rings is 1. The molecule has 100 valence electrons. The Kier molecular flexibility index (Phi) is 4.74. The summed E-state index contributed by atoms with van der Waals surface area (Å²) < 4.78 is 0. The first-order valence-corrected chi connectivity index (χ1v) is 7.25. The molecule has 0 unspecified atom stereocenters. The Morgan fingerprint density at radius 3 is 3.22 bits per heavy atom. The Morgan fingerprint density at radius 1 is 1.61 bits per heavy atom. The van der Waals surface area contributed by atoms with E-state index in [0.29, 0.717) is 6.54 Å². The van der Waals surface area contributed by atoms with Gasteiger partial charge in [0.15, 0.2) is 0 Å². The molecule has 18 heavy (non-hydrogen) atoms. The van der Waals surface area contributed by atoms with Gasteiger partial charge in [-0.1, -0.05) is 0 Å². The van der Waals surface area contributed by atoms with Crippen LogP contribution in [0.25, 0.3) is 0 Å². The quantitative estimate of drug-likeness (QED) is 0.856. The summed E-state index contributed by atoms with van der Waals surface area (Å²) >= 11 is 1.81. The summed E-state index contributed by atoms with van der Waals surface area (Å²) in [7, 11) is 3.92. The van der Waals surface area contributed by atoms with Gasteiger partial charge < -0.3 is 10.2 Å². The van der Waals surface area contributed by atoms with E-state index in [2.05, 4.69) is 21.7 Å². The first-order valence-electron chi connectivity index (χ1n) is 6.37. The zero-order chi connectivity index (χ0) is 13.0. The van der Waals surface area contributed by atoms with E-state index in [4.69, 9.17) is 0 Å². The molecular weight excluding hydrogens is 246 g/mol. The highest BCUT2D eigenvalue weighted by atomic mass is 32.1. The van der Waals surface area contributed by atoms with E-state index in [9.17, 15) is 4.79 Å². The van der Waals surface area contributed by atoms with Gasteiger partial charge in [-0.25, -0.2) is 0 Å². The van der Waals surface area contributed by atoms with Gasteiger partial charge in [0.2, 0.25) is 5.91 Å². The van der Waals surface area contributed by atoms with Gasteiger partial charge in [0.1, 0.15) is 0 Å². The lowest BCUT2D eigenvalue weighted by Crippen LogP contribution is -2.42. The first kappa shape index (κ1) is 13.5. The lowest BCUT2D eigenvalue weighted by molar-refractivity contribution is -0.133. The smallest absolute Gasteiger partial charge is 0.237 e. The molecule has 0 aliphatic carbocycles. The molecule has 0 fully saturated rings. The van der Waals surface area contributed by atoms with Crippen molar-refractivity contribution in [1.82, 2.24) is 15.1 Å². The van der Waals surface area contributed by atoms with E-state index < -0.39 is 0 Å². The summed E-state index contributed by atoms with van der Waals surface area (Å²) in [5, 5.41) is 5.22. The molecule has 4 nitrogen and oxygen atoms in total. The van der Waals surface area contributed by atoms with Crippen LogP contribution in [-0.2, 0) is 17.8 Å². The second-order valence-electron chi connectivity index (χ2n) is 4.78. The molecule has 2 rings (SSSR count). The van der Waals surface area contributed by atoms with Crippen LogP contribution in [0.2, 0.25) is 0 Å². The van der Waals surface area contributed by atoms with Crippen LogP contribution in [0.15, 0.2) is 11.4 Å². The molecule has 0 radical (unpaired) electrons. The van der Waals surface area contributed by atoms with Crippen molar-refractivity contribution in [1.29, 1.82) is 0 Å². The SMILES string of the molecule is CNCCN(C)CC(=O)N1CCc2sccc2C1. The van der Waals surface area contributed by atoms with Gasteiger partial charge in [-0.2, -0.15) is 0 Å². The molecule has 0 spiro atoms. The average molecular weight is 267 g/mol. The van der Waals surface area contributed by atoms with Crippen molar-refractivity contribution in [3.8, 4) is 0 Å². The second-order valence-corrected chi connectivity index (χ2v) is 5.78. The predicted molar refractivity (Wildman–Crippen MR) is 74.9 cm³/mol. The van der Waals surface area contributed by atoms with Gasteiger partial charge >= 0.3 is 0 Å². The molecule has 1 amide bonds. The van der Waals surface area contributed by atoms with Crippen LogP contribution in [-0.4, -0.2) is 56.0 Å². The highest BCUT2D eigenvalue weighted by Crippen LogP contribution is 2.23. The summed E-state index contributed by atoms with van der Waals surface area (Å²) in [4.78, 5) is 17.7. The zero-order valence-electron chi connectivity index (χ0n) is 11.1. The Labute approximate surface area is 113 Å². The topological polar surface area (TPSA) is 35.6 Å². The third-order valence-electron chi connectivity index (χ3n) is 3.31. The maximum atomic E-state index is 12.2. The monoisotopic (exact) mass is 267 g/mol. The normalized spacial score (nSPS) is 14.9.